The lowest BCUT2D eigenvalue weighted by Gasteiger charge is -1.94. The van der Waals surface area contributed by atoms with Crippen molar-refractivity contribution in [3.8, 4) is 0 Å². The molecule has 0 aromatic heterocycles. The lowest BCUT2D eigenvalue weighted by Crippen LogP contribution is -2.08. The van der Waals surface area contributed by atoms with E-state index >= 15 is 0 Å². The molecule has 1 aliphatic carbocycles. The van der Waals surface area contributed by atoms with Gasteiger partial charge in [0, 0.05) is 13.1 Å². The molecule has 0 saturated heterocycles. The molecule has 1 aliphatic heterocycles. The van der Waals surface area contributed by atoms with E-state index in [4.69, 9.17) is 0 Å². The molecule has 0 fully saturated rings. The highest BCUT2D eigenvalue weighted by atomic mass is 14.9. The largest absolute Gasteiger partial charge is 0.309 e. The van der Waals surface area contributed by atoms with Crippen molar-refractivity contribution in [3.05, 3.63) is 35.5 Å². The van der Waals surface area contributed by atoms with Crippen LogP contribution in [0, 0.1) is 0 Å². The van der Waals surface area contributed by atoms with E-state index in [0.717, 1.165) is 19.5 Å². The first-order chi connectivity index (χ1) is 4.97. The number of hydrogen-bond acceptors (Lipinski definition) is 1. The van der Waals surface area contributed by atoms with Crippen LogP contribution in [0.1, 0.15) is 6.42 Å². The Bertz CT molecular complexity index is 221. The molecule has 0 aromatic carbocycles. The number of rotatable bonds is 0. The van der Waals surface area contributed by atoms with Crippen molar-refractivity contribution in [2.24, 2.45) is 0 Å². The quantitative estimate of drug-likeness (QED) is 0.526. The molecule has 1 N–H and O–H groups in total. The summed E-state index contributed by atoms with van der Waals surface area (Å²) in [7, 11) is 0. The Labute approximate surface area is 61.1 Å². The first kappa shape index (κ1) is 5.93. The van der Waals surface area contributed by atoms with Gasteiger partial charge in [0.05, 0.1) is 0 Å². The monoisotopic (exact) mass is 133 g/mol. The minimum atomic E-state index is 1.06. The van der Waals surface area contributed by atoms with E-state index in [9.17, 15) is 0 Å². The minimum Gasteiger partial charge on any atom is -0.309 e. The molecule has 0 aromatic rings. The maximum Gasteiger partial charge on any atom is 0.0208 e. The van der Waals surface area contributed by atoms with Crippen LogP contribution < -0.4 is 5.32 Å². The second-order valence-corrected chi connectivity index (χ2v) is 2.72. The Morgan fingerprint density at radius 2 is 2.20 bits per heavy atom. The van der Waals surface area contributed by atoms with Crippen LogP contribution in [0.2, 0.25) is 0 Å². The van der Waals surface area contributed by atoms with Crippen LogP contribution in [0.4, 0.5) is 0 Å². The highest BCUT2D eigenvalue weighted by molar-refractivity contribution is 5.37. The molecule has 1 heterocycles. The van der Waals surface area contributed by atoms with Gasteiger partial charge in [-0.1, -0.05) is 24.3 Å². The molecule has 52 valence electrons. The molecule has 1 nitrogen and oxygen atoms in total. The highest BCUT2D eigenvalue weighted by Crippen LogP contribution is 2.17. The molecule has 0 atom stereocenters. The van der Waals surface area contributed by atoms with Crippen LogP contribution in [-0.2, 0) is 0 Å². The van der Waals surface area contributed by atoms with Crippen molar-refractivity contribution < 1.29 is 0 Å². The molecule has 10 heavy (non-hydrogen) atoms. The molecule has 2 aliphatic rings. The predicted molar refractivity (Wildman–Crippen MR) is 42.8 cm³/mol. The fourth-order valence-electron chi connectivity index (χ4n) is 1.43. The van der Waals surface area contributed by atoms with E-state index < -0.39 is 0 Å². The highest BCUT2D eigenvalue weighted by Gasteiger charge is 2.10. The van der Waals surface area contributed by atoms with Gasteiger partial charge in [-0.2, -0.15) is 0 Å². The van der Waals surface area contributed by atoms with Gasteiger partial charge in [-0.15, -0.1) is 0 Å². The van der Waals surface area contributed by atoms with Gasteiger partial charge in [-0.05, 0) is 17.6 Å². The third-order valence-electron chi connectivity index (χ3n) is 2.02. The maximum atomic E-state index is 3.33. The fourth-order valence-corrected chi connectivity index (χ4v) is 1.43. The zero-order valence-corrected chi connectivity index (χ0v) is 5.93. The summed E-state index contributed by atoms with van der Waals surface area (Å²) in [4.78, 5) is 0. The third kappa shape index (κ3) is 0.929. The summed E-state index contributed by atoms with van der Waals surface area (Å²) in [5.74, 6) is 0. The van der Waals surface area contributed by atoms with Gasteiger partial charge >= 0.3 is 0 Å². The van der Waals surface area contributed by atoms with Gasteiger partial charge in [0.2, 0.25) is 0 Å². The lowest BCUT2D eigenvalue weighted by molar-refractivity contribution is 0.860. The first-order valence-electron chi connectivity index (χ1n) is 3.71. The Balaban J connectivity index is 2.30. The summed E-state index contributed by atoms with van der Waals surface area (Å²) in [6.07, 6.45) is 9.80. The van der Waals surface area contributed by atoms with E-state index in [1.807, 2.05) is 0 Å². The Morgan fingerprint density at radius 3 is 3.20 bits per heavy atom. The van der Waals surface area contributed by atoms with Crippen LogP contribution in [-0.4, -0.2) is 13.1 Å². The number of nitrogens with one attached hydrogen (secondary N) is 1. The maximum absolute atomic E-state index is 3.33. The van der Waals surface area contributed by atoms with Gasteiger partial charge in [-0.3, -0.25) is 0 Å². The van der Waals surface area contributed by atoms with Gasteiger partial charge in [-0.25, -0.2) is 0 Å². The van der Waals surface area contributed by atoms with E-state index in [0.29, 0.717) is 0 Å². The van der Waals surface area contributed by atoms with Crippen molar-refractivity contribution in [1.82, 2.24) is 5.32 Å². The second kappa shape index (κ2) is 2.43. The summed E-state index contributed by atoms with van der Waals surface area (Å²) in [6.45, 7) is 2.15. The van der Waals surface area contributed by atoms with E-state index in [-0.39, 0.29) is 0 Å². The van der Waals surface area contributed by atoms with Crippen LogP contribution in [0.5, 0.6) is 0 Å². The zero-order chi connectivity index (χ0) is 6.81. The number of hydrogen-bond donors (Lipinski definition) is 1. The fraction of sp³-hybridized carbons (Fsp3) is 0.333. The van der Waals surface area contributed by atoms with Crippen molar-refractivity contribution in [2.75, 3.05) is 13.1 Å². The first-order valence-corrected chi connectivity index (χ1v) is 3.71. The predicted octanol–water partition coefficient (Wildman–Crippen LogP) is 1.40. The average Bonchev–Trinajstić information content (AvgIpc) is 2.28. The Kier molecular flexibility index (Phi) is 1.44. The van der Waals surface area contributed by atoms with Gasteiger partial charge in [0.15, 0.2) is 0 Å². The van der Waals surface area contributed by atoms with Crippen LogP contribution in [0.25, 0.3) is 0 Å². The summed E-state index contributed by atoms with van der Waals surface area (Å²) in [5.41, 5.74) is 3.05. The van der Waals surface area contributed by atoms with E-state index in [2.05, 4.69) is 29.6 Å². The third-order valence-corrected chi connectivity index (χ3v) is 2.02. The SMILES string of the molecule is C1=CCC2=C(C=C1)CNC2. The van der Waals surface area contributed by atoms with Crippen LogP contribution in [0.15, 0.2) is 35.5 Å². The molecule has 0 saturated carbocycles. The molecule has 1 heteroatoms. The summed E-state index contributed by atoms with van der Waals surface area (Å²) < 4.78 is 0. The van der Waals surface area contributed by atoms with Crippen molar-refractivity contribution in [3.63, 3.8) is 0 Å². The van der Waals surface area contributed by atoms with Gasteiger partial charge < -0.3 is 5.32 Å². The Morgan fingerprint density at radius 1 is 1.20 bits per heavy atom. The zero-order valence-electron chi connectivity index (χ0n) is 5.93. The normalized spacial score (nSPS) is 23.2. The average molecular weight is 133 g/mol. The van der Waals surface area contributed by atoms with Crippen LogP contribution in [0.3, 0.4) is 0 Å². The van der Waals surface area contributed by atoms with Crippen molar-refractivity contribution >= 4 is 0 Å². The molecular formula is C9H11N. The van der Waals surface area contributed by atoms with Gasteiger partial charge in [0.1, 0.15) is 0 Å². The summed E-state index contributed by atoms with van der Waals surface area (Å²) in [6, 6.07) is 0. The Hall–Kier alpha value is -0.820. The lowest BCUT2D eigenvalue weighted by atomic mass is 10.1. The van der Waals surface area contributed by atoms with Crippen LogP contribution >= 0.6 is 0 Å². The van der Waals surface area contributed by atoms with Crippen molar-refractivity contribution in [2.45, 2.75) is 6.42 Å². The second-order valence-electron chi connectivity index (χ2n) is 2.72. The van der Waals surface area contributed by atoms with E-state index in [1.54, 1.807) is 5.57 Å². The smallest absolute Gasteiger partial charge is 0.0208 e. The molecule has 0 amide bonds. The summed E-state index contributed by atoms with van der Waals surface area (Å²) in [5, 5.41) is 3.33. The molecule has 0 radical (unpaired) electrons. The number of allylic oxidation sites excluding steroid dienone is 3. The minimum absolute atomic E-state index is 1.06. The molecular weight excluding hydrogens is 122 g/mol. The molecule has 0 unspecified atom stereocenters. The summed E-state index contributed by atoms with van der Waals surface area (Å²) >= 11 is 0. The molecule has 2 rings (SSSR count). The molecule has 0 spiro atoms. The van der Waals surface area contributed by atoms with Crippen molar-refractivity contribution in [1.29, 1.82) is 0 Å². The van der Waals surface area contributed by atoms with E-state index in [1.165, 1.54) is 5.57 Å². The topological polar surface area (TPSA) is 12.0 Å². The standard InChI is InChI=1S/C9H11N/c1-2-4-8-6-10-7-9(8)5-3-1/h1-4,10H,5-7H2. The molecule has 0 bridgehead atoms. The van der Waals surface area contributed by atoms with Gasteiger partial charge in [0.25, 0.3) is 0 Å².